The summed E-state index contributed by atoms with van der Waals surface area (Å²) in [6.07, 6.45) is -2.95. The number of anilines is 1. The van der Waals surface area contributed by atoms with Crippen LogP contribution >= 0.6 is 0 Å². The lowest BCUT2D eigenvalue weighted by atomic mass is 10.1. The lowest BCUT2D eigenvalue weighted by Crippen LogP contribution is -2.28. The summed E-state index contributed by atoms with van der Waals surface area (Å²) in [5, 5.41) is 3.87. The van der Waals surface area contributed by atoms with Crippen LogP contribution in [-0.4, -0.2) is 38.6 Å². The van der Waals surface area contributed by atoms with Crippen molar-refractivity contribution in [1.29, 1.82) is 0 Å². The van der Waals surface area contributed by atoms with E-state index in [1.807, 2.05) is 0 Å². The highest BCUT2D eigenvalue weighted by Crippen LogP contribution is 2.32. The molecule has 2 aromatic rings. The number of nitrogens with zero attached hydrogens (tertiary/aromatic N) is 5. The maximum atomic E-state index is 12.9. The summed E-state index contributed by atoms with van der Waals surface area (Å²) in [6, 6.07) is 0.908. The minimum Gasteiger partial charge on any atom is -0.369 e. The molecule has 112 valence electrons. The number of amides is 1. The molecule has 1 saturated heterocycles. The number of fused-ring (bicyclic) bond motifs is 1. The molecule has 2 aromatic heterocycles. The molecule has 3 heterocycles. The molecular formula is C11H11F3N6O. The summed E-state index contributed by atoms with van der Waals surface area (Å²) in [5.74, 6) is -0.778. The Hall–Kier alpha value is -2.39. The second kappa shape index (κ2) is 4.57. The fraction of sp³-hybridized carbons (Fsp3) is 0.455. The molecule has 1 fully saturated rings. The number of rotatable bonds is 2. The first-order valence-electron chi connectivity index (χ1n) is 6.18. The fourth-order valence-corrected chi connectivity index (χ4v) is 2.37. The van der Waals surface area contributed by atoms with E-state index in [0.29, 0.717) is 13.0 Å². The number of hydrogen-bond acceptors (Lipinski definition) is 5. The second-order valence-corrected chi connectivity index (χ2v) is 4.80. The first kappa shape index (κ1) is 13.6. The standard InChI is InChI=1S/C11H11F3N6O/c12-11(13,14)7-3-8(20-10(18-7)16-5-17-20)19-2-1-6(4-19)9(15)21/h3,5-6H,1-2,4H2,(H2,15,21)/t6-/m0/s1. The molecule has 0 saturated carbocycles. The van der Waals surface area contributed by atoms with Crippen molar-refractivity contribution in [1.82, 2.24) is 19.6 Å². The SMILES string of the molecule is NC(=O)[C@H]1CCN(c2cc(C(F)(F)F)nc3ncnn23)C1. The molecule has 1 aliphatic rings. The van der Waals surface area contributed by atoms with Gasteiger partial charge in [-0.2, -0.15) is 27.8 Å². The summed E-state index contributed by atoms with van der Waals surface area (Å²) in [4.78, 5) is 20.0. The Labute approximate surface area is 116 Å². The van der Waals surface area contributed by atoms with Crippen LogP contribution in [0.3, 0.4) is 0 Å². The third-order valence-corrected chi connectivity index (χ3v) is 3.44. The smallest absolute Gasteiger partial charge is 0.369 e. The lowest BCUT2D eigenvalue weighted by molar-refractivity contribution is -0.141. The first-order valence-corrected chi connectivity index (χ1v) is 6.18. The van der Waals surface area contributed by atoms with Gasteiger partial charge in [0, 0.05) is 19.2 Å². The molecule has 10 heteroatoms. The minimum absolute atomic E-state index is 0.137. The number of nitrogens with two attached hydrogens (primary N) is 1. The van der Waals surface area contributed by atoms with E-state index in [2.05, 4.69) is 15.1 Å². The predicted molar refractivity (Wildman–Crippen MR) is 65.3 cm³/mol. The van der Waals surface area contributed by atoms with Crippen LogP contribution in [0, 0.1) is 5.92 Å². The third-order valence-electron chi connectivity index (χ3n) is 3.44. The number of carbonyl (C=O) groups excluding carboxylic acids is 1. The van der Waals surface area contributed by atoms with Gasteiger partial charge in [0.15, 0.2) is 5.69 Å². The topological polar surface area (TPSA) is 89.4 Å². The number of carbonyl (C=O) groups is 1. The van der Waals surface area contributed by atoms with Gasteiger partial charge >= 0.3 is 6.18 Å². The van der Waals surface area contributed by atoms with E-state index in [0.717, 1.165) is 12.4 Å². The van der Waals surface area contributed by atoms with Crippen molar-refractivity contribution in [3.05, 3.63) is 18.1 Å². The van der Waals surface area contributed by atoms with E-state index in [-0.39, 0.29) is 24.1 Å². The van der Waals surface area contributed by atoms with Crippen LogP contribution in [0.1, 0.15) is 12.1 Å². The summed E-state index contributed by atoms with van der Waals surface area (Å²) < 4.78 is 39.9. The van der Waals surface area contributed by atoms with Gasteiger partial charge in [0.1, 0.15) is 12.1 Å². The molecule has 0 aromatic carbocycles. The highest BCUT2D eigenvalue weighted by Gasteiger charge is 2.36. The normalized spacial score (nSPS) is 19.4. The van der Waals surface area contributed by atoms with Gasteiger partial charge < -0.3 is 10.6 Å². The van der Waals surface area contributed by atoms with Crippen LogP contribution in [-0.2, 0) is 11.0 Å². The third kappa shape index (κ3) is 2.36. The lowest BCUT2D eigenvalue weighted by Gasteiger charge is -2.19. The number of primary amides is 1. The maximum Gasteiger partial charge on any atom is 0.433 e. The molecule has 21 heavy (non-hydrogen) atoms. The first-order chi connectivity index (χ1) is 9.86. The van der Waals surface area contributed by atoms with E-state index in [4.69, 9.17) is 5.73 Å². The summed E-state index contributed by atoms with van der Waals surface area (Å²) in [5.41, 5.74) is 4.20. The van der Waals surface area contributed by atoms with Gasteiger partial charge in [-0.25, -0.2) is 4.98 Å². The number of alkyl halides is 3. The minimum atomic E-state index is -4.58. The fourth-order valence-electron chi connectivity index (χ4n) is 2.37. The highest BCUT2D eigenvalue weighted by atomic mass is 19.4. The Kier molecular flexibility index (Phi) is 2.96. The Morgan fingerprint density at radius 3 is 2.81 bits per heavy atom. The van der Waals surface area contributed by atoms with Crippen LogP contribution in [0.15, 0.2) is 12.4 Å². The Balaban J connectivity index is 2.05. The van der Waals surface area contributed by atoms with Crippen molar-refractivity contribution >= 4 is 17.5 Å². The second-order valence-electron chi connectivity index (χ2n) is 4.80. The van der Waals surface area contributed by atoms with Crippen LogP contribution < -0.4 is 10.6 Å². The van der Waals surface area contributed by atoms with Crippen molar-refractivity contribution in [2.75, 3.05) is 18.0 Å². The Morgan fingerprint density at radius 2 is 2.19 bits per heavy atom. The number of aromatic nitrogens is 4. The zero-order chi connectivity index (χ0) is 15.2. The maximum absolute atomic E-state index is 12.9. The summed E-state index contributed by atoms with van der Waals surface area (Å²) >= 11 is 0. The molecule has 0 unspecified atom stereocenters. The molecular weight excluding hydrogens is 289 g/mol. The largest absolute Gasteiger partial charge is 0.433 e. The van der Waals surface area contributed by atoms with Crippen molar-refractivity contribution < 1.29 is 18.0 Å². The summed E-state index contributed by atoms with van der Waals surface area (Å²) in [7, 11) is 0. The highest BCUT2D eigenvalue weighted by molar-refractivity contribution is 5.78. The van der Waals surface area contributed by atoms with Crippen LogP contribution in [0.2, 0.25) is 0 Å². The van der Waals surface area contributed by atoms with E-state index in [1.165, 1.54) is 4.52 Å². The van der Waals surface area contributed by atoms with Gasteiger partial charge in [0.2, 0.25) is 5.91 Å². The molecule has 7 nitrogen and oxygen atoms in total. The van der Waals surface area contributed by atoms with E-state index < -0.39 is 17.8 Å². The van der Waals surface area contributed by atoms with Gasteiger partial charge in [0.25, 0.3) is 5.78 Å². The molecule has 0 spiro atoms. The molecule has 1 atom stereocenters. The zero-order valence-electron chi connectivity index (χ0n) is 10.7. The van der Waals surface area contributed by atoms with Gasteiger partial charge in [-0.3, -0.25) is 4.79 Å². The molecule has 1 amide bonds. The quantitative estimate of drug-likeness (QED) is 0.870. The van der Waals surface area contributed by atoms with Crippen LogP contribution in [0.4, 0.5) is 19.0 Å². The average Bonchev–Trinajstić information content (AvgIpc) is 3.05. The molecule has 1 aliphatic heterocycles. The van der Waals surface area contributed by atoms with Gasteiger partial charge in [-0.05, 0) is 6.42 Å². The Morgan fingerprint density at radius 1 is 1.43 bits per heavy atom. The van der Waals surface area contributed by atoms with Crippen molar-refractivity contribution in [3.63, 3.8) is 0 Å². The zero-order valence-corrected chi connectivity index (χ0v) is 10.7. The van der Waals surface area contributed by atoms with Gasteiger partial charge in [0.05, 0.1) is 5.92 Å². The van der Waals surface area contributed by atoms with E-state index in [9.17, 15) is 18.0 Å². The molecule has 2 N–H and O–H groups in total. The van der Waals surface area contributed by atoms with Gasteiger partial charge in [-0.1, -0.05) is 0 Å². The van der Waals surface area contributed by atoms with Crippen LogP contribution in [0.25, 0.3) is 5.78 Å². The van der Waals surface area contributed by atoms with E-state index in [1.54, 1.807) is 4.90 Å². The predicted octanol–water partition coefficient (Wildman–Crippen LogP) is 0.455. The number of hydrogen-bond donors (Lipinski definition) is 1. The molecule has 0 bridgehead atoms. The molecule has 3 rings (SSSR count). The molecule has 0 radical (unpaired) electrons. The van der Waals surface area contributed by atoms with Gasteiger partial charge in [-0.15, -0.1) is 0 Å². The van der Waals surface area contributed by atoms with Crippen molar-refractivity contribution in [2.45, 2.75) is 12.6 Å². The van der Waals surface area contributed by atoms with Crippen LogP contribution in [0.5, 0.6) is 0 Å². The molecule has 0 aliphatic carbocycles. The van der Waals surface area contributed by atoms with Crippen molar-refractivity contribution in [2.24, 2.45) is 11.7 Å². The average molecular weight is 300 g/mol. The van der Waals surface area contributed by atoms with Crippen molar-refractivity contribution in [3.8, 4) is 0 Å². The Bertz CT molecular complexity index is 697. The summed E-state index contributed by atoms with van der Waals surface area (Å²) in [6.45, 7) is 0.676. The number of halogens is 3. The monoisotopic (exact) mass is 300 g/mol. The van der Waals surface area contributed by atoms with E-state index >= 15 is 0 Å².